The standard InChI is InChI=1S/C16H21N3O7/c1-3-25-10-26-9-13(8-11(2)15(20)18-22)17-16(21)12-4-6-14(7-5-12)19(23)24/h4-7,13,22H,2-3,8-10H2,1H3,(H,17,21)(H,18,20)/t13-/m0/s1. The van der Waals surface area contributed by atoms with Crippen molar-refractivity contribution in [3.63, 3.8) is 0 Å². The summed E-state index contributed by atoms with van der Waals surface area (Å²) in [5, 5.41) is 22.0. The molecule has 0 unspecified atom stereocenters. The highest BCUT2D eigenvalue weighted by Crippen LogP contribution is 2.13. The molecule has 2 amide bonds. The SMILES string of the molecule is C=C(C[C@@H](COCOCC)NC(=O)c1ccc([N+](=O)[O-])cc1)C(=O)NO. The van der Waals surface area contributed by atoms with Gasteiger partial charge in [-0.25, -0.2) is 5.48 Å². The minimum Gasteiger partial charge on any atom is -0.356 e. The molecule has 0 aliphatic heterocycles. The van der Waals surface area contributed by atoms with Crippen molar-refractivity contribution in [1.82, 2.24) is 10.8 Å². The third kappa shape index (κ3) is 6.97. The van der Waals surface area contributed by atoms with E-state index < -0.39 is 22.8 Å². The van der Waals surface area contributed by atoms with E-state index in [1.54, 1.807) is 6.92 Å². The summed E-state index contributed by atoms with van der Waals surface area (Å²) in [6.07, 6.45) is 0.0250. The van der Waals surface area contributed by atoms with Crippen molar-refractivity contribution in [2.75, 3.05) is 20.0 Å². The van der Waals surface area contributed by atoms with Gasteiger partial charge in [-0.05, 0) is 25.5 Å². The average Bonchev–Trinajstić information content (AvgIpc) is 2.64. The number of nitro groups is 1. The van der Waals surface area contributed by atoms with Gasteiger partial charge in [0.2, 0.25) is 0 Å². The summed E-state index contributed by atoms with van der Waals surface area (Å²) in [5.74, 6) is -1.27. The number of rotatable bonds is 11. The third-order valence-corrected chi connectivity index (χ3v) is 3.28. The molecular weight excluding hydrogens is 346 g/mol. The van der Waals surface area contributed by atoms with Crippen molar-refractivity contribution < 1.29 is 29.2 Å². The maximum absolute atomic E-state index is 12.3. The van der Waals surface area contributed by atoms with Crippen LogP contribution >= 0.6 is 0 Å². The van der Waals surface area contributed by atoms with Crippen LogP contribution in [0, 0.1) is 10.1 Å². The van der Waals surface area contributed by atoms with Gasteiger partial charge >= 0.3 is 0 Å². The van der Waals surface area contributed by atoms with Crippen molar-refractivity contribution in [2.45, 2.75) is 19.4 Å². The van der Waals surface area contributed by atoms with Gasteiger partial charge in [-0.15, -0.1) is 0 Å². The molecule has 26 heavy (non-hydrogen) atoms. The number of hydrogen-bond donors (Lipinski definition) is 3. The molecule has 10 nitrogen and oxygen atoms in total. The van der Waals surface area contributed by atoms with Gasteiger partial charge in [-0.1, -0.05) is 6.58 Å². The number of ether oxygens (including phenoxy) is 2. The van der Waals surface area contributed by atoms with Gasteiger partial charge < -0.3 is 14.8 Å². The number of hydroxylamine groups is 1. The Morgan fingerprint density at radius 1 is 1.31 bits per heavy atom. The number of carbonyl (C=O) groups excluding carboxylic acids is 2. The predicted molar refractivity (Wildman–Crippen MR) is 90.5 cm³/mol. The average molecular weight is 367 g/mol. The molecule has 0 heterocycles. The summed E-state index contributed by atoms with van der Waals surface area (Å²) in [4.78, 5) is 33.8. The molecule has 1 atom stereocenters. The lowest BCUT2D eigenvalue weighted by Gasteiger charge is -2.19. The highest BCUT2D eigenvalue weighted by atomic mass is 16.7. The summed E-state index contributed by atoms with van der Waals surface area (Å²) in [7, 11) is 0. The lowest BCUT2D eigenvalue weighted by molar-refractivity contribution is -0.384. The zero-order chi connectivity index (χ0) is 19.5. The van der Waals surface area contributed by atoms with Crippen molar-refractivity contribution in [1.29, 1.82) is 0 Å². The van der Waals surface area contributed by atoms with Crippen LogP contribution < -0.4 is 10.8 Å². The number of non-ortho nitro benzene ring substituents is 1. The maximum atomic E-state index is 12.3. The normalized spacial score (nSPS) is 11.5. The molecule has 0 bridgehead atoms. The van der Waals surface area contributed by atoms with E-state index in [9.17, 15) is 19.7 Å². The quantitative estimate of drug-likeness (QED) is 0.133. The number of nitro benzene ring substituents is 1. The lowest BCUT2D eigenvalue weighted by atomic mass is 10.1. The van der Waals surface area contributed by atoms with E-state index in [0.29, 0.717) is 6.61 Å². The molecule has 0 aromatic heterocycles. The molecule has 1 rings (SSSR count). The Kier molecular flexibility index (Phi) is 8.92. The Bertz CT molecular complexity index is 646. The molecule has 0 radical (unpaired) electrons. The van der Waals surface area contributed by atoms with Gasteiger partial charge in [-0.2, -0.15) is 0 Å². The maximum Gasteiger partial charge on any atom is 0.270 e. The van der Waals surface area contributed by atoms with Crippen LogP contribution in [0.2, 0.25) is 0 Å². The Balaban J connectivity index is 2.74. The van der Waals surface area contributed by atoms with Gasteiger partial charge in [0, 0.05) is 29.9 Å². The Labute approximate surface area is 149 Å². The Morgan fingerprint density at radius 3 is 2.50 bits per heavy atom. The fraction of sp³-hybridized carbons (Fsp3) is 0.375. The fourth-order valence-electron chi connectivity index (χ4n) is 1.96. The van der Waals surface area contributed by atoms with Crippen LogP contribution in [0.5, 0.6) is 0 Å². The largest absolute Gasteiger partial charge is 0.356 e. The summed E-state index contributed by atoms with van der Waals surface area (Å²) in [6, 6.07) is 4.45. The van der Waals surface area contributed by atoms with E-state index in [4.69, 9.17) is 14.7 Å². The number of hydrogen-bond acceptors (Lipinski definition) is 7. The number of nitrogens with zero attached hydrogens (tertiary/aromatic N) is 1. The van der Waals surface area contributed by atoms with Crippen LogP contribution in [0.1, 0.15) is 23.7 Å². The second kappa shape index (κ2) is 10.9. The first-order valence-electron chi connectivity index (χ1n) is 7.72. The minimum absolute atomic E-state index is 0.0130. The molecular formula is C16H21N3O7. The smallest absolute Gasteiger partial charge is 0.270 e. The first-order chi connectivity index (χ1) is 12.4. The zero-order valence-corrected chi connectivity index (χ0v) is 14.3. The molecule has 0 fully saturated rings. The van der Waals surface area contributed by atoms with Crippen molar-refractivity contribution in [3.05, 3.63) is 52.1 Å². The Hall–Kier alpha value is -2.82. The number of benzene rings is 1. The first-order valence-corrected chi connectivity index (χ1v) is 7.72. The fourth-order valence-corrected chi connectivity index (χ4v) is 1.96. The summed E-state index contributed by atoms with van der Waals surface area (Å²) in [5.41, 5.74) is 1.59. The molecule has 10 heteroatoms. The van der Waals surface area contributed by atoms with Crippen LogP contribution in [0.25, 0.3) is 0 Å². The molecule has 3 N–H and O–H groups in total. The second-order valence-electron chi connectivity index (χ2n) is 5.20. The Morgan fingerprint density at radius 2 is 1.96 bits per heavy atom. The van der Waals surface area contributed by atoms with Gasteiger partial charge in [0.15, 0.2) is 0 Å². The molecule has 1 aromatic carbocycles. The predicted octanol–water partition coefficient (Wildman–Crippen LogP) is 1.16. The number of amides is 2. The van der Waals surface area contributed by atoms with Gasteiger partial charge in [0.25, 0.3) is 17.5 Å². The summed E-state index contributed by atoms with van der Waals surface area (Å²) < 4.78 is 10.3. The van der Waals surface area contributed by atoms with Crippen LogP contribution in [0.15, 0.2) is 36.4 Å². The molecule has 1 aromatic rings. The van der Waals surface area contributed by atoms with Crippen LogP contribution in [-0.2, 0) is 14.3 Å². The van der Waals surface area contributed by atoms with Gasteiger partial charge in [-0.3, -0.25) is 24.9 Å². The molecule has 0 spiro atoms. The lowest BCUT2D eigenvalue weighted by Crippen LogP contribution is -2.40. The van der Waals surface area contributed by atoms with Gasteiger partial charge in [0.1, 0.15) is 6.79 Å². The first kappa shape index (κ1) is 21.2. The number of nitrogens with one attached hydrogen (secondary N) is 2. The van der Waals surface area contributed by atoms with Crippen LogP contribution in [0.3, 0.4) is 0 Å². The number of carbonyl (C=O) groups is 2. The zero-order valence-electron chi connectivity index (χ0n) is 14.3. The van der Waals surface area contributed by atoms with Crippen molar-refractivity contribution in [2.24, 2.45) is 0 Å². The van der Waals surface area contributed by atoms with Crippen molar-refractivity contribution in [3.8, 4) is 0 Å². The van der Waals surface area contributed by atoms with E-state index in [1.807, 2.05) is 0 Å². The monoisotopic (exact) mass is 367 g/mol. The van der Waals surface area contributed by atoms with E-state index in [-0.39, 0.29) is 36.6 Å². The minimum atomic E-state index is -0.774. The highest BCUT2D eigenvalue weighted by molar-refractivity contribution is 5.95. The van der Waals surface area contributed by atoms with Gasteiger partial charge in [0.05, 0.1) is 17.6 Å². The van der Waals surface area contributed by atoms with Crippen LogP contribution in [0.4, 0.5) is 5.69 Å². The molecule has 0 saturated carbocycles. The van der Waals surface area contributed by atoms with Crippen LogP contribution in [-0.4, -0.2) is 48.0 Å². The summed E-state index contributed by atoms with van der Waals surface area (Å²) in [6.45, 7) is 5.84. The topological polar surface area (TPSA) is 140 Å². The molecule has 0 saturated heterocycles. The van der Waals surface area contributed by atoms with E-state index >= 15 is 0 Å². The van der Waals surface area contributed by atoms with E-state index in [2.05, 4.69) is 11.9 Å². The molecule has 0 aliphatic carbocycles. The van der Waals surface area contributed by atoms with Crippen molar-refractivity contribution >= 4 is 17.5 Å². The van der Waals surface area contributed by atoms with E-state index in [1.165, 1.54) is 29.7 Å². The highest BCUT2D eigenvalue weighted by Gasteiger charge is 2.19. The molecule has 142 valence electrons. The summed E-state index contributed by atoms with van der Waals surface area (Å²) >= 11 is 0. The van der Waals surface area contributed by atoms with E-state index in [0.717, 1.165) is 0 Å². The third-order valence-electron chi connectivity index (χ3n) is 3.28. The molecule has 0 aliphatic rings. The second-order valence-corrected chi connectivity index (χ2v) is 5.20.